The molecule has 0 radical (unpaired) electrons. The number of amides is 2. The molecule has 6 nitrogen and oxygen atoms in total. The first-order valence-corrected chi connectivity index (χ1v) is 13.3. The van der Waals surface area contributed by atoms with Crippen LogP contribution in [0.4, 0.5) is 0 Å². The Kier molecular flexibility index (Phi) is 10.9. The van der Waals surface area contributed by atoms with E-state index in [0.29, 0.717) is 26.2 Å². The van der Waals surface area contributed by atoms with Gasteiger partial charge in [0.15, 0.2) is 13.2 Å². The van der Waals surface area contributed by atoms with Crippen molar-refractivity contribution in [1.29, 1.82) is 0 Å². The van der Waals surface area contributed by atoms with Crippen LogP contribution in [0.1, 0.15) is 22.3 Å². The van der Waals surface area contributed by atoms with Crippen LogP contribution in [0.2, 0.25) is 0 Å². The maximum Gasteiger partial charge on any atom is 0.261 e. The maximum atomic E-state index is 13.0. The SMILES string of the molecule is O=C(CO/C=C/OCC(=O)N(Cc1ccccc1)Cc1ccccc1)N(Cc1ccccc1)Cc1ccccc1. The van der Waals surface area contributed by atoms with Gasteiger partial charge in [-0.15, -0.1) is 0 Å². The number of ether oxygens (including phenoxy) is 2. The number of nitrogens with zero attached hydrogens (tertiary/aromatic N) is 2. The molecule has 0 unspecified atom stereocenters. The quantitative estimate of drug-likeness (QED) is 0.188. The molecule has 40 heavy (non-hydrogen) atoms. The predicted octanol–water partition coefficient (Wildman–Crippen LogP) is 5.95. The topological polar surface area (TPSA) is 59.1 Å². The van der Waals surface area contributed by atoms with Crippen molar-refractivity contribution in [3.05, 3.63) is 156 Å². The van der Waals surface area contributed by atoms with E-state index in [2.05, 4.69) is 0 Å². The minimum atomic E-state index is -0.148. The van der Waals surface area contributed by atoms with Crippen molar-refractivity contribution in [2.75, 3.05) is 13.2 Å². The van der Waals surface area contributed by atoms with Crippen LogP contribution < -0.4 is 0 Å². The Hall–Kier alpha value is -4.84. The van der Waals surface area contributed by atoms with Crippen LogP contribution in [0.5, 0.6) is 0 Å². The van der Waals surface area contributed by atoms with Crippen molar-refractivity contribution < 1.29 is 19.1 Å². The molecule has 2 amide bonds. The molecule has 0 aliphatic heterocycles. The summed E-state index contributed by atoms with van der Waals surface area (Å²) >= 11 is 0. The average molecular weight is 535 g/mol. The molecule has 4 aromatic carbocycles. The van der Waals surface area contributed by atoms with Crippen molar-refractivity contribution >= 4 is 11.8 Å². The minimum absolute atomic E-state index is 0.137. The Morgan fingerprint density at radius 1 is 0.450 bits per heavy atom. The zero-order valence-electron chi connectivity index (χ0n) is 22.5. The van der Waals surface area contributed by atoms with Gasteiger partial charge in [0.2, 0.25) is 0 Å². The lowest BCUT2D eigenvalue weighted by Gasteiger charge is -2.23. The number of benzene rings is 4. The smallest absolute Gasteiger partial charge is 0.261 e. The number of hydrogen-bond donors (Lipinski definition) is 0. The van der Waals surface area contributed by atoms with E-state index < -0.39 is 0 Å². The number of carbonyl (C=O) groups is 2. The van der Waals surface area contributed by atoms with Crippen LogP contribution in [-0.2, 0) is 45.2 Å². The van der Waals surface area contributed by atoms with Gasteiger partial charge in [-0.1, -0.05) is 121 Å². The molecule has 6 heteroatoms. The molecule has 0 atom stereocenters. The molecule has 0 spiro atoms. The van der Waals surface area contributed by atoms with Crippen molar-refractivity contribution in [1.82, 2.24) is 9.80 Å². The van der Waals surface area contributed by atoms with E-state index in [4.69, 9.17) is 9.47 Å². The molecule has 0 bridgehead atoms. The molecule has 0 N–H and O–H groups in total. The van der Waals surface area contributed by atoms with E-state index >= 15 is 0 Å². The normalized spacial score (nSPS) is 10.7. The summed E-state index contributed by atoms with van der Waals surface area (Å²) in [5.74, 6) is -0.296. The highest BCUT2D eigenvalue weighted by atomic mass is 16.5. The van der Waals surface area contributed by atoms with E-state index in [-0.39, 0.29) is 25.0 Å². The fourth-order valence-corrected chi connectivity index (χ4v) is 4.18. The van der Waals surface area contributed by atoms with Crippen LogP contribution in [0.3, 0.4) is 0 Å². The van der Waals surface area contributed by atoms with Gasteiger partial charge in [0, 0.05) is 26.2 Å². The molecule has 0 saturated heterocycles. The van der Waals surface area contributed by atoms with E-state index in [9.17, 15) is 9.59 Å². The Morgan fingerprint density at radius 2 is 0.700 bits per heavy atom. The van der Waals surface area contributed by atoms with Gasteiger partial charge in [-0.05, 0) is 22.3 Å². The fraction of sp³-hybridized carbons (Fsp3) is 0.176. The second kappa shape index (κ2) is 15.5. The highest BCUT2D eigenvalue weighted by molar-refractivity contribution is 5.78. The first-order chi connectivity index (χ1) is 19.7. The van der Waals surface area contributed by atoms with Crippen LogP contribution in [0.25, 0.3) is 0 Å². The largest absolute Gasteiger partial charge is 0.488 e. The summed E-state index contributed by atoms with van der Waals surface area (Å²) in [5.41, 5.74) is 4.17. The Labute approximate surface area is 236 Å². The summed E-state index contributed by atoms with van der Waals surface area (Å²) in [6.45, 7) is 1.64. The molecular weight excluding hydrogens is 500 g/mol. The highest BCUT2D eigenvalue weighted by Crippen LogP contribution is 2.12. The molecule has 4 rings (SSSR count). The van der Waals surface area contributed by atoms with Crippen LogP contribution in [-0.4, -0.2) is 34.8 Å². The molecule has 204 valence electrons. The molecule has 0 aliphatic rings. The fourth-order valence-electron chi connectivity index (χ4n) is 4.18. The molecule has 0 fully saturated rings. The van der Waals surface area contributed by atoms with Gasteiger partial charge in [0.1, 0.15) is 12.5 Å². The molecular formula is C34H34N2O4. The van der Waals surface area contributed by atoms with Crippen molar-refractivity contribution in [3.8, 4) is 0 Å². The van der Waals surface area contributed by atoms with Gasteiger partial charge in [-0.3, -0.25) is 9.59 Å². The summed E-state index contributed by atoms with van der Waals surface area (Å²) in [6.07, 6.45) is 2.63. The van der Waals surface area contributed by atoms with E-state index in [1.54, 1.807) is 9.80 Å². The predicted molar refractivity (Wildman–Crippen MR) is 155 cm³/mol. The Morgan fingerprint density at radius 3 is 0.950 bits per heavy atom. The summed E-state index contributed by atoms with van der Waals surface area (Å²) in [4.78, 5) is 29.5. The van der Waals surface area contributed by atoms with E-state index in [1.165, 1.54) is 12.5 Å². The number of carbonyl (C=O) groups excluding carboxylic acids is 2. The Bertz CT molecular complexity index is 1140. The standard InChI is InChI=1S/C34H34N2O4/c37-33(35(23-29-13-5-1-6-14-29)24-30-15-7-2-8-16-30)27-39-21-22-40-28-34(38)36(25-31-17-9-3-10-18-31)26-32-19-11-4-12-20-32/h1-22H,23-28H2/b22-21+. The third-order valence-corrected chi connectivity index (χ3v) is 6.23. The number of rotatable bonds is 14. The van der Waals surface area contributed by atoms with Gasteiger partial charge < -0.3 is 19.3 Å². The van der Waals surface area contributed by atoms with Crippen molar-refractivity contribution in [2.24, 2.45) is 0 Å². The highest BCUT2D eigenvalue weighted by Gasteiger charge is 2.16. The lowest BCUT2D eigenvalue weighted by molar-refractivity contribution is -0.137. The summed E-state index contributed by atoms with van der Waals surface area (Å²) in [6, 6.07) is 39.4. The van der Waals surface area contributed by atoms with Crippen LogP contribution in [0.15, 0.2) is 134 Å². The molecule has 0 aliphatic carbocycles. The molecule has 4 aromatic rings. The van der Waals surface area contributed by atoms with E-state index in [0.717, 1.165) is 22.3 Å². The first-order valence-electron chi connectivity index (χ1n) is 13.3. The average Bonchev–Trinajstić information content (AvgIpc) is 3.00. The second-order valence-corrected chi connectivity index (χ2v) is 9.34. The first kappa shape index (κ1) is 28.2. The van der Waals surface area contributed by atoms with Gasteiger partial charge >= 0.3 is 0 Å². The Balaban J connectivity index is 1.27. The monoisotopic (exact) mass is 534 g/mol. The van der Waals surface area contributed by atoms with E-state index in [1.807, 2.05) is 121 Å². The third-order valence-electron chi connectivity index (χ3n) is 6.23. The zero-order valence-corrected chi connectivity index (χ0v) is 22.5. The summed E-state index contributed by atoms with van der Waals surface area (Å²) in [5, 5.41) is 0. The lowest BCUT2D eigenvalue weighted by Crippen LogP contribution is -2.33. The van der Waals surface area contributed by atoms with Crippen molar-refractivity contribution in [3.63, 3.8) is 0 Å². The summed E-state index contributed by atoms with van der Waals surface area (Å²) in [7, 11) is 0. The van der Waals surface area contributed by atoms with Crippen LogP contribution >= 0.6 is 0 Å². The molecule has 0 aromatic heterocycles. The molecule has 0 saturated carbocycles. The molecule has 0 heterocycles. The van der Waals surface area contributed by atoms with Gasteiger partial charge in [0.25, 0.3) is 11.8 Å². The minimum Gasteiger partial charge on any atom is -0.488 e. The lowest BCUT2D eigenvalue weighted by atomic mass is 10.1. The second-order valence-electron chi connectivity index (χ2n) is 9.34. The van der Waals surface area contributed by atoms with Crippen molar-refractivity contribution in [2.45, 2.75) is 26.2 Å². The summed E-state index contributed by atoms with van der Waals surface area (Å²) < 4.78 is 10.9. The van der Waals surface area contributed by atoms with Gasteiger partial charge in [-0.2, -0.15) is 0 Å². The number of hydrogen-bond acceptors (Lipinski definition) is 4. The van der Waals surface area contributed by atoms with Gasteiger partial charge in [0.05, 0.1) is 0 Å². The van der Waals surface area contributed by atoms with Crippen LogP contribution in [0, 0.1) is 0 Å². The maximum absolute atomic E-state index is 13.0. The zero-order chi connectivity index (χ0) is 27.8. The third kappa shape index (κ3) is 9.48. The van der Waals surface area contributed by atoms with Gasteiger partial charge in [-0.25, -0.2) is 0 Å².